The molecule has 0 aromatic heterocycles. The van der Waals surface area contributed by atoms with Crippen molar-refractivity contribution in [2.45, 2.75) is 18.9 Å². The monoisotopic (exact) mass is 155 g/mol. The van der Waals surface area contributed by atoms with Crippen LogP contribution in [0.25, 0.3) is 0 Å². The first-order valence-corrected chi connectivity index (χ1v) is 3.83. The highest BCUT2D eigenvalue weighted by Crippen LogP contribution is 2.16. The Labute approximate surface area is 66.3 Å². The van der Waals surface area contributed by atoms with Crippen LogP contribution in [0.3, 0.4) is 0 Å². The zero-order valence-electron chi connectivity index (χ0n) is 6.49. The lowest BCUT2D eigenvalue weighted by Crippen LogP contribution is -2.35. The molecule has 1 atom stereocenters. The number of carboxylic acid groups (broad SMARTS) is 1. The lowest BCUT2D eigenvalue weighted by molar-refractivity contribution is -0.141. The Bertz CT molecular complexity index is 167. The van der Waals surface area contributed by atoms with Gasteiger partial charge in [-0.05, 0) is 19.4 Å². The molecule has 1 N–H and O–H groups in total. The molecular formula is C8H13NO2. The van der Waals surface area contributed by atoms with E-state index in [-0.39, 0.29) is 6.04 Å². The van der Waals surface area contributed by atoms with Crippen LogP contribution < -0.4 is 0 Å². The third-order valence-electron chi connectivity index (χ3n) is 2.01. The van der Waals surface area contributed by atoms with Gasteiger partial charge in [0.2, 0.25) is 0 Å². The maximum atomic E-state index is 10.6. The Hall–Kier alpha value is -0.830. The predicted molar refractivity (Wildman–Crippen MR) is 42.4 cm³/mol. The molecule has 0 aromatic carbocycles. The largest absolute Gasteiger partial charge is 0.480 e. The maximum absolute atomic E-state index is 10.6. The van der Waals surface area contributed by atoms with Crippen LogP contribution >= 0.6 is 0 Å². The van der Waals surface area contributed by atoms with E-state index in [2.05, 4.69) is 6.58 Å². The predicted octanol–water partition coefficient (Wildman–Crippen LogP) is 0.721. The van der Waals surface area contributed by atoms with Gasteiger partial charge in [0.05, 0.1) is 0 Å². The Balaban J connectivity index is 2.50. The van der Waals surface area contributed by atoms with Gasteiger partial charge in [-0.3, -0.25) is 9.69 Å². The number of hydrogen-bond donors (Lipinski definition) is 1. The maximum Gasteiger partial charge on any atom is 0.320 e. The number of nitrogens with zero attached hydrogens (tertiary/aromatic N) is 1. The van der Waals surface area contributed by atoms with E-state index in [1.54, 1.807) is 6.08 Å². The van der Waals surface area contributed by atoms with Gasteiger partial charge in [0.15, 0.2) is 0 Å². The summed E-state index contributed by atoms with van der Waals surface area (Å²) >= 11 is 0. The molecule has 1 aliphatic rings. The molecule has 0 spiro atoms. The summed E-state index contributed by atoms with van der Waals surface area (Å²) in [4.78, 5) is 12.6. The summed E-state index contributed by atoms with van der Waals surface area (Å²) < 4.78 is 0. The number of aliphatic carboxylic acids is 1. The van der Waals surface area contributed by atoms with Crippen molar-refractivity contribution in [1.82, 2.24) is 4.90 Å². The zero-order chi connectivity index (χ0) is 8.27. The Morgan fingerprint density at radius 3 is 3.09 bits per heavy atom. The van der Waals surface area contributed by atoms with Gasteiger partial charge in [0, 0.05) is 6.54 Å². The SMILES string of the molecule is C=CCN1CCC[C@H]1C(=O)O. The fourth-order valence-corrected chi connectivity index (χ4v) is 1.49. The molecule has 1 heterocycles. The molecule has 11 heavy (non-hydrogen) atoms. The molecule has 1 fully saturated rings. The highest BCUT2D eigenvalue weighted by atomic mass is 16.4. The molecular weight excluding hydrogens is 142 g/mol. The molecule has 0 amide bonds. The normalized spacial score (nSPS) is 25.3. The zero-order valence-corrected chi connectivity index (χ0v) is 6.49. The summed E-state index contributed by atoms with van der Waals surface area (Å²) in [6.45, 7) is 5.17. The Morgan fingerprint density at radius 2 is 2.55 bits per heavy atom. The van der Waals surface area contributed by atoms with E-state index in [0.29, 0.717) is 6.54 Å². The summed E-state index contributed by atoms with van der Waals surface area (Å²) in [6, 6.07) is -0.270. The van der Waals surface area contributed by atoms with Gasteiger partial charge in [-0.1, -0.05) is 6.08 Å². The number of carboxylic acids is 1. The van der Waals surface area contributed by atoms with Gasteiger partial charge >= 0.3 is 5.97 Å². The summed E-state index contributed by atoms with van der Waals surface area (Å²) in [7, 11) is 0. The molecule has 1 saturated heterocycles. The third-order valence-corrected chi connectivity index (χ3v) is 2.01. The minimum absolute atomic E-state index is 0.270. The first-order valence-electron chi connectivity index (χ1n) is 3.83. The van der Waals surface area contributed by atoms with Crippen molar-refractivity contribution in [2.24, 2.45) is 0 Å². The van der Waals surface area contributed by atoms with Gasteiger partial charge in [0.25, 0.3) is 0 Å². The minimum atomic E-state index is -0.704. The fraction of sp³-hybridized carbons (Fsp3) is 0.625. The van der Waals surface area contributed by atoms with Crippen LogP contribution in [0.4, 0.5) is 0 Å². The molecule has 0 saturated carbocycles. The molecule has 3 nitrogen and oxygen atoms in total. The molecule has 0 radical (unpaired) electrons. The van der Waals surface area contributed by atoms with E-state index in [0.717, 1.165) is 19.4 Å². The van der Waals surface area contributed by atoms with E-state index in [4.69, 9.17) is 5.11 Å². The van der Waals surface area contributed by atoms with Crippen molar-refractivity contribution in [1.29, 1.82) is 0 Å². The average Bonchev–Trinajstić information content (AvgIpc) is 2.36. The average molecular weight is 155 g/mol. The fourth-order valence-electron chi connectivity index (χ4n) is 1.49. The van der Waals surface area contributed by atoms with Crippen molar-refractivity contribution >= 4 is 5.97 Å². The summed E-state index contributed by atoms with van der Waals surface area (Å²) in [6.07, 6.45) is 3.52. The first kappa shape index (κ1) is 8.27. The van der Waals surface area contributed by atoms with E-state index < -0.39 is 5.97 Å². The lowest BCUT2D eigenvalue weighted by Gasteiger charge is -2.18. The molecule has 3 heteroatoms. The molecule has 62 valence electrons. The number of carbonyl (C=O) groups is 1. The second-order valence-electron chi connectivity index (χ2n) is 2.78. The van der Waals surface area contributed by atoms with E-state index in [1.165, 1.54) is 0 Å². The van der Waals surface area contributed by atoms with Gasteiger partial charge in [-0.2, -0.15) is 0 Å². The Kier molecular flexibility index (Phi) is 2.65. The van der Waals surface area contributed by atoms with Crippen LogP contribution in [-0.4, -0.2) is 35.1 Å². The molecule has 1 aliphatic heterocycles. The van der Waals surface area contributed by atoms with Crippen molar-refractivity contribution in [3.8, 4) is 0 Å². The highest BCUT2D eigenvalue weighted by molar-refractivity contribution is 5.73. The quantitative estimate of drug-likeness (QED) is 0.610. The summed E-state index contributed by atoms with van der Waals surface area (Å²) in [5.41, 5.74) is 0. The van der Waals surface area contributed by atoms with E-state index in [9.17, 15) is 4.79 Å². The molecule has 0 aliphatic carbocycles. The van der Waals surface area contributed by atoms with Crippen LogP contribution in [0.5, 0.6) is 0 Å². The van der Waals surface area contributed by atoms with Gasteiger partial charge in [-0.25, -0.2) is 0 Å². The molecule has 1 rings (SSSR count). The second-order valence-corrected chi connectivity index (χ2v) is 2.78. The van der Waals surface area contributed by atoms with Crippen LogP contribution in [0.2, 0.25) is 0 Å². The Morgan fingerprint density at radius 1 is 1.82 bits per heavy atom. The van der Waals surface area contributed by atoms with Crippen LogP contribution in [0, 0.1) is 0 Å². The van der Waals surface area contributed by atoms with E-state index >= 15 is 0 Å². The van der Waals surface area contributed by atoms with Gasteiger partial charge in [-0.15, -0.1) is 6.58 Å². The van der Waals surface area contributed by atoms with Crippen molar-refractivity contribution in [3.05, 3.63) is 12.7 Å². The van der Waals surface area contributed by atoms with E-state index in [1.807, 2.05) is 4.90 Å². The number of hydrogen-bond acceptors (Lipinski definition) is 2. The standard InChI is InChI=1S/C8H13NO2/c1-2-5-9-6-3-4-7(9)8(10)11/h2,7H,1,3-6H2,(H,10,11)/t7-/m0/s1. The lowest BCUT2D eigenvalue weighted by atomic mass is 10.2. The molecule has 0 aromatic rings. The number of rotatable bonds is 3. The van der Waals surface area contributed by atoms with Crippen LogP contribution in [-0.2, 0) is 4.79 Å². The second kappa shape index (κ2) is 3.53. The van der Waals surface area contributed by atoms with Gasteiger partial charge < -0.3 is 5.11 Å². The first-order chi connectivity index (χ1) is 5.25. The molecule has 0 unspecified atom stereocenters. The summed E-state index contributed by atoms with van der Waals surface area (Å²) in [5, 5.41) is 8.73. The van der Waals surface area contributed by atoms with Crippen molar-refractivity contribution in [2.75, 3.05) is 13.1 Å². The van der Waals surface area contributed by atoms with Crippen molar-refractivity contribution in [3.63, 3.8) is 0 Å². The van der Waals surface area contributed by atoms with Crippen LogP contribution in [0.15, 0.2) is 12.7 Å². The van der Waals surface area contributed by atoms with Gasteiger partial charge in [0.1, 0.15) is 6.04 Å². The highest BCUT2D eigenvalue weighted by Gasteiger charge is 2.28. The minimum Gasteiger partial charge on any atom is -0.480 e. The smallest absolute Gasteiger partial charge is 0.320 e. The topological polar surface area (TPSA) is 40.5 Å². The van der Waals surface area contributed by atoms with Crippen molar-refractivity contribution < 1.29 is 9.90 Å². The van der Waals surface area contributed by atoms with Crippen LogP contribution in [0.1, 0.15) is 12.8 Å². The third kappa shape index (κ3) is 1.80. The number of likely N-dealkylation sites (tertiary alicyclic amines) is 1. The summed E-state index contributed by atoms with van der Waals surface area (Å²) in [5.74, 6) is -0.704. The molecule has 0 bridgehead atoms.